The molecule has 1 rings (SSSR count). The summed E-state index contributed by atoms with van der Waals surface area (Å²) in [6, 6.07) is 0.801. The molecule has 5 nitrogen and oxygen atoms in total. The quantitative estimate of drug-likeness (QED) is 0.321. The van der Waals surface area contributed by atoms with Crippen molar-refractivity contribution in [1.82, 2.24) is 0 Å². The topological polar surface area (TPSA) is 49.5 Å². The molecule has 1 unspecified atom stereocenters. The summed E-state index contributed by atoms with van der Waals surface area (Å²) in [5.41, 5.74) is 0. The number of unbranched alkanes of at least 4 members (excludes halogenated alkanes) is 1. The fourth-order valence-corrected chi connectivity index (χ4v) is 3.14. The minimum atomic E-state index is -2.35. The van der Waals surface area contributed by atoms with E-state index >= 15 is 0 Å². The molecule has 1 fully saturated rings. The summed E-state index contributed by atoms with van der Waals surface area (Å²) < 4.78 is 26.9. The van der Waals surface area contributed by atoms with Gasteiger partial charge in [0.1, 0.15) is 6.10 Å². The lowest BCUT2D eigenvalue weighted by atomic mass is 10.3. The van der Waals surface area contributed by atoms with Gasteiger partial charge in [0, 0.05) is 33.5 Å². The number of hydrogen-bond acceptors (Lipinski definition) is 5. The normalized spacial score (nSPS) is 19.6. The van der Waals surface area contributed by atoms with Crippen LogP contribution in [-0.2, 0) is 22.8 Å². The molecular formula is C11H24O5Si. The Kier molecular flexibility index (Phi) is 7.25. The molecule has 0 radical (unpaired) electrons. The van der Waals surface area contributed by atoms with Crippen molar-refractivity contribution in [3.8, 4) is 0 Å². The van der Waals surface area contributed by atoms with Crippen LogP contribution in [0.25, 0.3) is 0 Å². The summed E-state index contributed by atoms with van der Waals surface area (Å²) >= 11 is 0. The highest BCUT2D eigenvalue weighted by Gasteiger charge is 2.36. The monoisotopic (exact) mass is 264 g/mol. The molecular weight excluding hydrogens is 240 g/mol. The Balaban J connectivity index is 1.93. The Morgan fingerprint density at radius 3 is 2.35 bits per heavy atom. The molecule has 0 aromatic rings. The molecule has 17 heavy (non-hydrogen) atoms. The third-order valence-corrected chi connectivity index (χ3v) is 5.52. The van der Waals surface area contributed by atoms with E-state index in [-0.39, 0.29) is 0 Å². The molecule has 1 aliphatic heterocycles. The molecule has 1 saturated heterocycles. The van der Waals surface area contributed by atoms with Crippen LogP contribution in [0.3, 0.4) is 0 Å². The highest BCUT2D eigenvalue weighted by atomic mass is 28.4. The first kappa shape index (κ1) is 15.1. The predicted molar refractivity (Wildman–Crippen MR) is 66.0 cm³/mol. The van der Waals surface area contributed by atoms with Crippen molar-refractivity contribution in [1.29, 1.82) is 0 Å². The van der Waals surface area contributed by atoms with Gasteiger partial charge in [-0.05, 0) is 12.8 Å². The Morgan fingerprint density at radius 2 is 1.82 bits per heavy atom. The molecule has 102 valence electrons. The van der Waals surface area contributed by atoms with Gasteiger partial charge in [0.25, 0.3) is 0 Å². The second-order valence-electron chi connectivity index (χ2n) is 4.03. The van der Waals surface area contributed by atoms with Crippen LogP contribution in [0.2, 0.25) is 6.04 Å². The zero-order chi connectivity index (χ0) is 12.6. The Hall–Kier alpha value is 0.0169. The van der Waals surface area contributed by atoms with Crippen LogP contribution in [0.5, 0.6) is 0 Å². The van der Waals surface area contributed by atoms with E-state index in [9.17, 15) is 0 Å². The molecule has 0 aliphatic carbocycles. The third-order valence-electron chi connectivity index (χ3n) is 2.77. The van der Waals surface area contributed by atoms with Crippen molar-refractivity contribution < 1.29 is 22.8 Å². The smallest absolute Gasteiger partial charge is 0.379 e. The molecule has 0 N–H and O–H groups in total. The van der Waals surface area contributed by atoms with Gasteiger partial charge in [-0.25, -0.2) is 0 Å². The van der Waals surface area contributed by atoms with Gasteiger partial charge in [-0.3, -0.25) is 0 Å². The maximum atomic E-state index is 5.73. The fourth-order valence-electron chi connectivity index (χ4n) is 1.50. The fraction of sp³-hybridized carbons (Fsp3) is 1.00. The van der Waals surface area contributed by atoms with E-state index in [4.69, 9.17) is 22.8 Å². The largest absolute Gasteiger partial charge is 0.500 e. The number of hydrogen-bond donors (Lipinski definition) is 0. The minimum absolute atomic E-state index is 0.355. The highest BCUT2D eigenvalue weighted by Crippen LogP contribution is 2.13. The van der Waals surface area contributed by atoms with Crippen LogP contribution < -0.4 is 0 Å². The highest BCUT2D eigenvalue weighted by molar-refractivity contribution is 6.60. The Labute approximate surface area is 105 Å². The van der Waals surface area contributed by atoms with E-state index in [1.54, 1.807) is 14.2 Å². The molecule has 0 amide bonds. The van der Waals surface area contributed by atoms with Gasteiger partial charge in [-0.15, -0.1) is 0 Å². The second kappa shape index (κ2) is 8.18. The van der Waals surface area contributed by atoms with Crippen molar-refractivity contribution >= 4 is 8.80 Å². The van der Waals surface area contributed by atoms with Gasteiger partial charge in [-0.1, -0.05) is 6.92 Å². The van der Waals surface area contributed by atoms with Gasteiger partial charge in [0.05, 0.1) is 13.2 Å². The predicted octanol–water partition coefficient (Wildman–Crippen LogP) is 1.45. The standard InChI is InChI=1S/C11H24O5Si/c1-4-17(12-2,13-3)16-8-6-5-7-14-9-11-10-15-11/h11H,4-10H2,1-3H3. The zero-order valence-corrected chi connectivity index (χ0v) is 12.1. The average Bonchev–Trinajstić information content (AvgIpc) is 3.18. The van der Waals surface area contributed by atoms with Crippen molar-refractivity contribution in [3.05, 3.63) is 0 Å². The lowest BCUT2D eigenvalue weighted by Crippen LogP contribution is -2.43. The first-order valence-electron chi connectivity index (χ1n) is 6.20. The lowest BCUT2D eigenvalue weighted by molar-refractivity contribution is 0.0857. The molecule has 0 saturated carbocycles. The molecule has 6 heteroatoms. The average molecular weight is 264 g/mol. The number of ether oxygens (including phenoxy) is 2. The van der Waals surface area contributed by atoms with Crippen molar-refractivity contribution in [3.63, 3.8) is 0 Å². The Morgan fingerprint density at radius 1 is 1.18 bits per heavy atom. The molecule has 0 bridgehead atoms. The van der Waals surface area contributed by atoms with Crippen LogP contribution in [0, 0.1) is 0 Å². The van der Waals surface area contributed by atoms with Crippen LogP contribution in [0.4, 0.5) is 0 Å². The second-order valence-corrected chi connectivity index (χ2v) is 7.21. The molecule has 0 aromatic heterocycles. The van der Waals surface area contributed by atoms with Gasteiger partial charge >= 0.3 is 8.80 Å². The van der Waals surface area contributed by atoms with E-state index in [0.29, 0.717) is 12.7 Å². The van der Waals surface area contributed by atoms with Crippen molar-refractivity contribution in [2.24, 2.45) is 0 Å². The summed E-state index contributed by atoms with van der Waals surface area (Å²) in [5.74, 6) is 0. The van der Waals surface area contributed by atoms with Gasteiger partial charge in [-0.2, -0.15) is 0 Å². The van der Waals surface area contributed by atoms with E-state index < -0.39 is 8.80 Å². The van der Waals surface area contributed by atoms with Gasteiger partial charge < -0.3 is 22.8 Å². The van der Waals surface area contributed by atoms with E-state index in [1.807, 2.05) is 6.92 Å². The first-order chi connectivity index (χ1) is 8.26. The number of epoxide rings is 1. The van der Waals surface area contributed by atoms with Crippen LogP contribution in [0.1, 0.15) is 19.8 Å². The Bertz CT molecular complexity index is 186. The van der Waals surface area contributed by atoms with Gasteiger partial charge in [0.15, 0.2) is 0 Å². The summed E-state index contributed by atoms with van der Waals surface area (Å²) in [5, 5.41) is 0. The molecule has 0 aromatic carbocycles. The molecule has 1 atom stereocenters. The van der Waals surface area contributed by atoms with Crippen molar-refractivity contribution in [2.75, 3.05) is 40.6 Å². The maximum absolute atomic E-state index is 5.73. The summed E-state index contributed by atoms with van der Waals surface area (Å²) in [6.45, 7) is 5.05. The van der Waals surface area contributed by atoms with Crippen LogP contribution >= 0.6 is 0 Å². The van der Waals surface area contributed by atoms with Crippen LogP contribution in [0.15, 0.2) is 0 Å². The SMILES string of the molecule is CC[Si](OC)(OC)OCCCCOCC1CO1. The van der Waals surface area contributed by atoms with E-state index in [1.165, 1.54) is 0 Å². The maximum Gasteiger partial charge on any atom is 0.500 e. The minimum Gasteiger partial charge on any atom is -0.379 e. The summed E-state index contributed by atoms with van der Waals surface area (Å²) in [7, 11) is 0.947. The lowest BCUT2D eigenvalue weighted by Gasteiger charge is -2.24. The van der Waals surface area contributed by atoms with E-state index in [0.717, 1.165) is 38.7 Å². The third kappa shape index (κ3) is 5.94. The number of rotatable bonds is 11. The zero-order valence-electron chi connectivity index (χ0n) is 11.1. The molecule has 1 aliphatic rings. The van der Waals surface area contributed by atoms with Crippen LogP contribution in [-0.4, -0.2) is 55.6 Å². The molecule has 1 heterocycles. The van der Waals surface area contributed by atoms with E-state index in [2.05, 4.69) is 0 Å². The van der Waals surface area contributed by atoms with Crippen molar-refractivity contribution in [2.45, 2.75) is 31.9 Å². The summed E-state index contributed by atoms with van der Waals surface area (Å²) in [6.07, 6.45) is 2.31. The molecule has 0 spiro atoms. The van der Waals surface area contributed by atoms with Gasteiger partial charge in [0.2, 0.25) is 0 Å². The first-order valence-corrected chi connectivity index (χ1v) is 8.13. The summed E-state index contributed by atoms with van der Waals surface area (Å²) in [4.78, 5) is 0.